The number of hydrogen-bond acceptors (Lipinski definition) is 4. The third-order valence-electron chi connectivity index (χ3n) is 4.55. The molecule has 1 aliphatic heterocycles. The number of aliphatic imine (C=N–C) groups is 1. The van der Waals surface area contributed by atoms with Gasteiger partial charge in [-0.15, -0.1) is 24.0 Å². The molecule has 0 aromatic heterocycles. The Balaban J connectivity index is 0.00000338. The lowest BCUT2D eigenvalue weighted by Crippen LogP contribution is -2.40. The van der Waals surface area contributed by atoms with Crippen molar-refractivity contribution in [3.8, 4) is 11.5 Å². The summed E-state index contributed by atoms with van der Waals surface area (Å²) >= 11 is 0. The van der Waals surface area contributed by atoms with Gasteiger partial charge in [-0.1, -0.05) is 6.92 Å². The van der Waals surface area contributed by atoms with E-state index in [-0.39, 0.29) is 24.0 Å². The van der Waals surface area contributed by atoms with Crippen molar-refractivity contribution in [2.45, 2.75) is 26.7 Å². The Morgan fingerprint density at radius 2 is 2.00 bits per heavy atom. The molecule has 26 heavy (non-hydrogen) atoms. The fourth-order valence-corrected chi connectivity index (χ4v) is 2.96. The monoisotopic (exact) mass is 476 g/mol. The van der Waals surface area contributed by atoms with Crippen LogP contribution in [0.5, 0.6) is 11.5 Å². The largest absolute Gasteiger partial charge is 0.493 e. The standard InChI is InChI=1S/C19H32N4O2.HI/c1-5-25-18-14-16(6-7-17(18)24-4)22-19(20-3)21-10-13-23-11-8-15(2)9-12-23;/h6-7,14-15H,5,8-13H2,1-4H3,(H2,20,21,22);1H. The first-order valence-corrected chi connectivity index (χ1v) is 9.17. The highest BCUT2D eigenvalue weighted by Crippen LogP contribution is 2.30. The number of likely N-dealkylation sites (tertiary alicyclic amines) is 1. The van der Waals surface area contributed by atoms with Crippen LogP contribution in [0.25, 0.3) is 0 Å². The van der Waals surface area contributed by atoms with Crippen LogP contribution >= 0.6 is 24.0 Å². The summed E-state index contributed by atoms with van der Waals surface area (Å²) in [5, 5.41) is 6.69. The summed E-state index contributed by atoms with van der Waals surface area (Å²) < 4.78 is 10.9. The SMILES string of the molecule is CCOc1cc(NC(=NC)NCCN2CCC(C)CC2)ccc1OC.I. The Bertz CT molecular complexity index is 560. The molecule has 1 aliphatic rings. The van der Waals surface area contributed by atoms with Crippen LogP contribution in [0.4, 0.5) is 5.69 Å². The van der Waals surface area contributed by atoms with Crippen molar-refractivity contribution in [1.29, 1.82) is 0 Å². The van der Waals surface area contributed by atoms with E-state index in [9.17, 15) is 0 Å². The lowest BCUT2D eigenvalue weighted by molar-refractivity contribution is 0.195. The quantitative estimate of drug-likeness (QED) is 0.359. The number of nitrogens with zero attached hydrogens (tertiary/aromatic N) is 2. The van der Waals surface area contributed by atoms with E-state index in [1.807, 2.05) is 25.1 Å². The van der Waals surface area contributed by atoms with Crippen LogP contribution in [-0.4, -0.2) is 57.8 Å². The maximum Gasteiger partial charge on any atom is 0.195 e. The number of nitrogens with one attached hydrogen (secondary N) is 2. The second kappa shape index (κ2) is 12.2. The zero-order chi connectivity index (χ0) is 18.1. The number of guanidine groups is 1. The van der Waals surface area contributed by atoms with Gasteiger partial charge < -0.3 is 25.0 Å². The summed E-state index contributed by atoms with van der Waals surface area (Å²) in [4.78, 5) is 6.81. The molecule has 1 heterocycles. The highest BCUT2D eigenvalue weighted by molar-refractivity contribution is 14.0. The summed E-state index contributed by atoms with van der Waals surface area (Å²) in [5.74, 6) is 3.09. The van der Waals surface area contributed by atoms with E-state index in [1.54, 1.807) is 14.2 Å². The van der Waals surface area contributed by atoms with Gasteiger partial charge in [-0.05, 0) is 50.9 Å². The van der Waals surface area contributed by atoms with Gasteiger partial charge in [-0.3, -0.25) is 4.99 Å². The first kappa shape index (κ1) is 22.8. The number of piperidine rings is 1. The maximum atomic E-state index is 5.62. The molecule has 1 aromatic carbocycles. The smallest absolute Gasteiger partial charge is 0.195 e. The average molecular weight is 476 g/mol. The molecule has 1 fully saturated rings. The molecule has 0 aliphatic carbocycles. The maximum absolute atomic E-state index is 5.62. The predicted octanol–water partition coefficient (Wildman–Crippen LogP) is 3.43. The van der Waals surface area contributed by atoms with Gasteiger partial charge >= 0.3 is 0 Å². The summed E-state index contributed by atoms with van der Waals surface area (Å²) in [7, 11) is 3.43. The third kappa shape index (κ3) is 7.19. The Morgan fingerprint density at radius 3 is 2.62 bits per heavy atom. The Morgan fingerprint density at radius 1 is 1.27 bits per heavy atom. The molecule has 1 saturated heterocycles. The Kier molecular flexibility index (Phi) is 10.7. The molecule has 0 atom stereocenters. The summed E-state index contributed by atoms with van der Waals surface area (Å²) in [6.07, 6.45) is 2.61. The number of methoxy groups -OCH3 is 1. The third-order valence-corrected chi connectivity index (χ3v) is 4.55. The number of rotatable bonds is 7. The summed E-state index contributed by atoms with van der Waals surface area (Å²) in [6.45, 7) is 9.22. The predicted molar refractivity (Wildman–Crippen MR) is 119 cm³/mol. The van der Waals surface area contributed by atoms with E-state index < -0.39 is 0 Å². The number of ether oxygens (including phenoxy) is 2. The molecule has 1 aromatic rings. The number of benzene rings is 1. The Labute approximate surface area is 174 Å². The number of halogens is 1. The van der Waals surface area contributed by atoms with Gasteiger partial charge in [0.05, 0.1) is 13.7 Å². The molecule has 0 radical (unpaired) electrons. The molecular weight excluding hydrogens is 443 g/mol. The molecule has 2 rings (SSSR count). The van der Waals surface area contributed by atoms with E-state index in [4.69, 9.17) is 9.47 Å². The summed E-state index contributed by atoms with van der Waals surface area (Å²) in [6, 6.07) is 5.79. The van der Waals surface area contributed by atoms with Crippen molar-refractivity contribution in [3.63, 3.8) is 0 Å². The van der Waals surface area contributed by atoms with Crippen LogP contribution in [-0.2, 0) is 0 Å². The van der Waals surface area contributed by atoms with E-state index in [0.29, 0.717) is 6.61 Å². The van der Waals surface area contributed by atoms with Crippen molar-refractivity contribution < 1.29 is 9.47 Å². The van der Waals surface area contributed by atoms with Gasteiger partial charge in [0.25, 0.3) is 0 Å². The van der Waals surface area contributed by atoms with E-state index in [2.05, 4.69) is 27.4 Å². The van der Waals surface area contributed by atoms with Crippen LogP contribution < -0.4 is 20.1 Å². The van der Waals surface area contributed by atoms with Crippen LogP contribution in [0.1, 0.15) is 26.7 Å². The van der Waals surface area contributed by atoms with Crippen LogP contribution in [0, 0.1) is 5.92 Å². The molecule has 0 unspecified atom stereocenters. The topological polar surface area (TPSA) is 58.1 Å². The van der Waals surface area contributed by atoms with Crippen LogP contribution in [0.3, 0.4) is 0 Å². The van der Waals surface area contributed by atoms with E-state index in [1.165, 1.54) is 25.9 Å². The highest BCUT2D eigenvalue weighted by atomic mass is 127. The molecule has 7 heteroatoms. The lowest BCUT2D eigenvalue weighted by atomic mass is 9.99. The minimum Gasteiger partial charge on any atom is -0.493 e. The molecule has 0 bridgehead atoms. The average Bonchev–Trinajstić information content (AvgIpc) is 2.63. The molecule has 148 valence electrons. The zero-order valence-corrected chi connectivity index (χ0v) is 18.7. The van der Waals surface area contributed by atoms with Gasteiger partial charge in [-0.2, -0.15) is 0 Å². The van der Waals surface area contributed by atoms with Crippen LogP contribution in [0.15, 0.2) is 23.2 Å². The highest BCUT2D eigenvalue weighted by Gasteiger charge is 2.15. The molecular formula is C19H33IN4O2. The van der Waals surface area contributed by atoms with Gasteiger partial charge in [0.15, 0.2) is 17.5 Å². The normalized spacial score (nSPS) is 15.9. The van der Waals surface area contributed by atoms with Gasteiger partial charge in [0.2, 0.25) is 0 Å². The van der Waals surface area contributed by atoms with Gasteiger partial charge in [0.1, 0.15) is 0 Å². The second-order valence-corrected chi connectivity index (χ2v) is 6.45. The fourth-order valence-electron chi connectivity index (χ4n) is 2.96. The molecule has 2 N–H and O–H groups in total. The molecule has 0 spiro atoms. The fraction of sp³-hybridized carbons (Fsp3) is 0.632. The Hall–Kier alpha value is -1.22. The van der Waals surface area contributed by atoms with Crippen molar-refractivity contribution >= 4 is 35.6 Å². The van der Waals surface area contributed by atoms with Crippen molar-refractivity contribution in [2.75, 3.05) is 52.3 Å². The van der Waals surface area contributed by atoms with E-state index in [0.717, 1.165) is 42.2 Å². The number of anilines is 1. The molecule has 6 nitrogen and oxygen atoms in total. The van der Waals surface area contributed by atoms with Gasteiger partial charge in [-0.25, -0.2) is 0 Å². The summed E-state index contributed by atoms with van der Waals surface area (Å²) in [5.41, 5.74) is 0.921. The van der Waals surface area contributed by atoms with Crippen molar-refractivity contribution in [2.24, 2.45) is 10.9 Å². The molecule has 0 saturated carbocycles. The van der Waals surface area contributed by atoms with Gasteiger partial charge in [0, 0.05) is 31.9 Å². The lowest BCUT2D eigenvalue weighted by Gasteiger charge is -2.30. The van der Waals surface area contributed by atoms with Crippen LogP contribution in [0.2, 0.25) is 0 Å². The zero-order valence-electron chi connectivity index (χ0n) is 16.4. The van der Waals surface area contributed by atoms with Crippen molar-refractivity contribution in [3.05, 3.63) is 18.2 Å². The minimum atomic E-state index is 0. The second-order valence-electron chi connectivity index (χ2n) is 6.45. The number of hydrogen-bond donors (Lipinski definition) is 2. The van der Waals surface area contributed by atoms with E-state index >= 15 is 0 Å². The first-order chi connectivity index (χ1) is 12.2. The first-order valence-electron chi connectivity index (χ1n) is 9.17. The molecule has 0 amide bonds. The van der Waals surface area contributed by atoms with Crippen molar-refractivity contribution in [1.82, 2.24) is 10.2 Å². The minimum absolute atomic E-state index is 0.